The Morgan fingerprint density at radius 1 is 1.50 bits per heavy atom. The molecule has 1 heterocycles. The molecular weight excluding hydrogens is 230 g/mol. The first-order valence-corrected chi connectivity index (χ1v) is 6.71. The zero-order valence-electron chi connectivity index (χ0n) is 11.7. The van der Waals surface area contributed by atoms with Crippen molar-refractivity contribution in [3.8, 4) is 0 Å². The van der Waals surface area contributed by atoms with Crippen molar-refractivity contribution in [1.82, 2.24) is 10.2 Å². The molecule has 0 aromatic rings. The summed E-state index contributed by atoms with van der Waals surface area (Å²) in [4.78, 5) is 25.6. The van der Waals surface area contributed by atoms with E-state index < -0.39 is 11.5 Å². The number of nitrogens with two attached hydrogens (primary N) is 1. The zero-order chi connectivity index (χ0) is 13.8. The summed E-state index contributed by atoms with van der Waals surface area (Å²) in [5.41, 5.74) is 5.43. The van der Waals surface area contributed by atoms with E-state index in [0.29, 0.717) is 19.5 Å². The fourth-order valence-corrected chi connectivity index (χ4v) is 2.42. The van der Waals surface area contributed by atoms with Crippen molar-refractivity contribution in [2.24, 2.45) is 11.1 Å². The number of nitrogens with zero attached hydrogens (tertiary/aromatic N) is 1. The Morgan fingerprint density at radius 2 is 2.17 bits per heavy atom. The van der Waals surface area contributed by atoms with Gasteiger partial charge in [0.25, 0.3) is 0 Å². The minimum absolute atomic E-state index is 0.0000652. The average Bonchev–Trinajstić information content (AvgIpc) is 2.77. The topological polar surface area (TPSA) is 75.4 Å². The first kappa shape index (κ1) is 15.0. The molecule has 5 nitrogen and oxygen atoms in total. The largest absolute Gasteiger partial charge is 0.359 e. The smallest absolute Gasteiger partial charge is 0.239 e. The van der Waals surface area contributed by atoms with Crippen molar-refractivity contribution in [2.75, 3.05) is 20.1 Å². The van der Waals surface area contributed by atoms with E-state index in [1.165, 1.54) is 0 Å². The maximum absolute atomic E-state index is 12.1. The highest BCUT2D eigenvalue weighted by atomic mass is 16.2. The van der Waals surface area contributed by atoms with Crippen molar-refractivity contribution >= 4 is 11.8 Å². The molecule has 2 atom stereocenters. The number of hydrogen-bond acceptors (Lipinski definition) is 3. The van der Waals surface area contributed by atoms with Crippen LogP contribution in [0.25, 0.3) is 0 Å². The van der Waals surface area contributed by atoms with Gasteiger partial charge in [-0.3, -0.25) is 9.59 Å². The van der Waals surface area contributed by atoms with Gasteiger partial charge in [0.05, 0.1) is 11.5 Å². The third kappa shape index (κ3) is 3.22. The Balaban J connectivity index is 2.55. The molecule has 0 radical (unpaired) electrons. The molecule has 0 aliphatic carbocycles. The zero-order valence-corrected chi connectivity index (χ0v) is 11.7. The van der Waals surface area contributed by atoms with Crippen molar-refractivity contribution in [3.63, 3.8) is 0 Å². The average molecular weight is 255 g/mol. The fourth-order valence-electron chi connectivity index (χ4n) is 2.42. The summed E-state index contributed by atoms with van der Waals surface area (Å²) in [6.07, 6.45) is 3.44. The third-order valence-corrected chi connectivity index (χ3v) is 3.75. The lowest BCUT2D eigenvalue weighted by Gasteiger charge is -2.24. The summed E-state index contributed by atoms with van der Waals surface area (Å²) in [6, 6.07) is -0.419. The second-order valence-electron chi connectivity index (χ2n) is 5.40. The molecule has 0 saturated carbocycles. The van der Waals surface area contributed by atoms with E-state index in [-0.39, 0.29) is 11.8 Å². The van der Waals surface area contributed by atoms with Gasteiger partial charge in [-0.25, -0.2) is 0 Å². The summed E-state index contributed by atoms with van der Waals surface area (Å²) in [7, 11) is 1.63. The quantitative estimate of drug-likeness (QED) is 0.750. The molecule has 3 N–H and O–H groups in total. The van der Waals surface area contributed by atoms with Gasteiger partial charge in [0, 0.05) is 20.1 Å². The summed E-state index contributed by atoms with van der Waals surface area (Å²) in [6.45, 7) is 5.08. The van der Waals surface area contributed by atoms with Crippen LogP contribution < -0.4 is 11.1 Å². The molecule has 18 heavy (non-hydrogen) atoms. The van der Waals surface area contributed by atoms with Gasteiger partial charge in [-0.1, -0.05) is 19.8 Å². The van der Waals surface area contributed by atoms with Gasteiger partial charge in [-0.05, 0) is 19.8 Å². The van der Waals surface area contributed by atoms with E-state index in [1.54, 1.807) is 11.9 Å². The molecule has 5 heteroatoms. The minimum atomic E-state index is -0.463. The highest BCUT2D eigenvalue weighted by Gasteiger charge is 2.42. The predicted molar refractivity (Wildman–Crippen MR) is 70.9 cm³/mol. The van der Waals surface area contributed by atoms with Gasteiger partial charge in [0.15, 0.2) is 0 Å². The number of carbonyl (C=O) groups is 2. The third-order valence-electron chi connectivity index (χ3n) is 3.75. The van der Waals surface area contributed by atoms with E-state index in [0.717, 1.165) is 19.3 Å². The first-order valence-electron chi connectivity index (χ1n) is 6.71. The number of carbonyl (C=O) groups excluding carboxylic acids is 2. The molecule has 1 saturated heterocycles. The molecule has 0 aromatic heterocycles. The van der Waals surface area contributed by atoms with Gasteiger partial charge in [-0.15, -0.1) is 0 Å². The second kappa shape index (κ2) is 6.18. The molecule has 0 bridgehead atoms. The van der Waals surface area contributed by atoms with Crippen LogP contribution >= 0.6 is 0 Å². The van der Waals surface area contributed by atoms with Crippen LogP contribution in [0, 0.1) is 5.41 Å². The standard InChI is InChI=1S/C13H25N3O2/c1-4-5-6-10(14)11(17)16-8-7-13(2,9-16)12(18)15-3/h10H,4-9,14H2,1-3H3,(H,15,18)/t10-,13?/m0/s1. The highest BCUT2D eigenvalue weighted by Crippen LogP contribution is 2.30. The number of nitrogens with one attached hydrogen (secondary N) is 1. The van der Waals surface area contributed by atoms with Crippen molar-refractivity contribution in [3.05, 3.63) is 0 Å². The number of amides is 2. The van der Waals surface area contributed by atoms with Crippen molar-refractivity contribution in [1.29, 1.82) is 0 Å². The molecule has 1 fully saturated rings. The van der Waals surface area contributed by atoms with Gasteiger partial charge < -0.3 is 16.0 Å². The summed E-state index contributed by atoms with van der Waals surface area (Å²) in [5, 5.41) is 2.66. The Bertz CT molecular complexity index is 319. The molecular formula is C13H25N3O2. The Hall–Kier alpha value is -1.10. The minimum Gasteiger partial charge on any atom is -0.359 e. The van der Waals surface area contributed by atoms with Gasteiger partial charge in [0.1, 0.15) is 0 Å². The molecule has 0 spiro atoms. The van der Waals surface area contributed by atoms with Crippen LogP contribution in [0.3, 0.4) is 0 Å². The number of unbranched alkanes of at least 4 members (excludes halogenated alkanes) is 1. The van der Waals surface area contributed by atoms with Crippen LogP contribution in [0.15, 0.2) is 0 Å². The van der Waals surface area contributed by atoms with Gasteiger partial charge >= 0.3 is 0 Å². The lowest BCUT2D eigenvalue weighted by atomic mass is 9.89. The molecule has 1 rings (SSSR count). The van der Waals surface area contributed by atoms with Gasteiger partial charge in [-0.2, -0.15) is 0 Å². The molecule has 1 unspecified atom stereocenters. The maximum atomic E-state index is 12.1. The monoisotopic (exact) mass is 255 g/mol. The lowest BCUT2D eigenvalue weighted by molar-refractivity contribution is -0.133. The Morgan fingerprint density at radius 3 is 2.72 bits per heavy atom. The van der Waals surface area contributed by atoms with Crippen LogP contribution in [0.1, 0.15) is 39.5 Å². The van der Waals surface area contributed by atoms with E-state index in [9.17, 15) is 9.59 Å². The number of rotatable bonds is 5. The summed E-state index contributed by atoms with van der Waals surface area (Å²) >= 11 is 0. The van der Waals surface area contributed by atoms with E-state index in [1.807, 2.05) is 6.92 Å². The Labute approximate surface area is 109 Å². The van der Waals surface area contributed by atoms with Crippen LogP contribution in [-0.4, -0.2) is 42.9 Å². The van der Waals surface area contributed by atoms with Crippen LogP contribution in [-0.2, 0) is 9.59 Å². The summed E-state index contributed by atoms with van der Waals surface area (Å²) < 4.78 is 0. The number of likely N-dealkylation sites (tertiary alicyclic amines) is 1. The Kier molecular flexibility index (Phi) is 5.14. The highest BCUT2D eigenvalue weighted by molar-refractivity contribution is 5.86. The van der Waals surface area contributed by atoms with Crippen LogP contribution in [0.4, 0.5) is 0 Å². The van der Waals surface area contributed by atoms with Crippen molar-refractivity contribution in [2.45, 2.75) is 45.6 Å². The molecule has 1 aliphatic heterocycles. The first-order chi connectivity index (χ1) is 8.44. The van der Waals surface area contributed by atoms with Gasteiger partial charge in [0.2, 0.25) is 11.8 Å². The normalized spacial score (nSPS) is 25.0. The predicted octanol–water partition coefficient (Wildman–Crippen LogP) is 0.489. The SMILES string of the molecule is CCCC[C@H](N)C(=O)N1CCC(C)(C(=O)NC)C1. The second-order valence-corrected chi connectivity index (χ2v) is 5.40. The van der Waals surface area contributed by atoms with Crippen LogP contribution in [0.5, 0.6) is 0 Å². The van der Waals surface area contributed by atoms with E-state index in [4.69, 9.17) is 5.73 Å². The number of hydrogen-bond donors (Lipinski definition) is 2. The van der Waals surface area contributed by atoms with Crippen molar-refractivity contribution < 1.29 is 9.59 Å². The lowest BCUT2D eigenvalue weighted by Crippen LogP contribution is -2.45. The molecule has 0 aromatic carbocycles. The van der Waals surface area contributed by atoms with E-state index in [2.05, 4.69) is 12.2 Å². The maximum Gasteiger partial charge on any atom is 0.239 e. The van der Waals surface area contributed by atoms with E-state index >= 15 is 0 Å². The summed E-state index contributed by atoms with van der Waals surface area (Å²) in [5.74, 6) is -0.0176. The fraction of sp³-hybridized carbons (Fsp3) is 0.846. The molecule has 2 amide bonds. The van der Waals surface area contributed by atoms with Crippen LogP contribution in [0.2, 0.25) is 0 Å². The molecule has 104 valence electrons. The molecule has 1 aliphatic rings.